The second-order valence-electron chi connectivity index (χ2n) is 5.95. The van der Waals surface area contributed by atoms with Crippen LogP contribution in [0.2, 0.25) is 0 Å². The molecule has 1 heterocycles. The normalized spacial score (nSPS) is 21.9. The molecule has 1 aromatic rings. The first-order chi connectivity index (χ1) is 8.11. The predicted octanol–water partition coefficient (Wildman–Crippen LogP) is 3.43. The van der Waals surface area contributed by atoms with E-state index in [9.17, 15) is 0 Å². The molecule has 1 atom stereocenters. The second-order valence-corrected chi connectivity index (χ2v) is 6.27. The van der Waals surface area contributed by atoms with Crippen LogP contribution in [0.3, 0.4) is 0 Å². The van der Waals surface area contributed by atoms with Crippen LogP contribution in [0.25, 0.3) is 0 Å². The van der Waals surface area contributed by atoms with E-state index in [4.69, 9.17) is 0 Å². The smallest absolute Gasteiger partial charge is 0.00510 e. The third kappa shape index (κ3) is 3.49. The van der Waals surface area contributed by atoms with Crippen molar-refractivity contribution in [1.82, 2.24) is 4.90 Å². The standard InChI is InChI=1S/C15H23NS/c1-15(2,12-17)11-16-9-8-14(10-16)13-6-4-3-5-7-13/h3-7,14,17H,8-12H2,1-2H3. The van der Waals surface area contributed by atoms with Gasteiger partial charge < -0.3 is 4.90 Å². The van der Waals surface area contributed by atoms with Crippen molar-refractivity contribution in [2.75, 3.05) is 25.4 Å². The van der Waals surface area contributed by atoms with Crippen molar-refractivity contribution in [2.45, 2.75) is 26.2 Å². The molecule has 0 radical (unpaired) electrons. The first-order valence-corrected chi connectivity index (χ1v) is 7.12. The lowest BCUT2D eigenvalue weighted by molar-refractivity contribution is 0.229. The van der Waals surface area contributed by atoms with E-state index in [2.05, 4.69) is 61.7 Å². The fraction of sp³-hybridized carbons (Fsp3) is 0.600. The van der Waals surface area contributed by atoms with Crippen LogP contribution in [0.5, 0.6) is 0 Å². The molecular formula is C15H23NS. The van der Waals surface area contributed by atoms with E-state index in [1.165, 1.54) is 31.6 Å². The Morgan fingerprint density at radius 1 is 1.29 bits per heavy atom. The second kappa shape index (κ2) is 5.45. The van der Waals surface area contributed by atoms with E-state index >= 15 is 0 Å². The molecule has 0 aromatic heterocycles. The summed E-state index contributed by atoms with van der Waals surface area (Å²) in [4.78, 5) is 2.59. The fourth-order valence-electron chi connectivity index (χ4n) is 2.63. The van der Waals surface area contributed by atoms with Crippen LogP contribution >= 0.6 is 12.6 Å². The molecule has 1 fully saturated rings. The van der Waals surface area contributed by atoms with Gasteiger partial charge in [0, 0.05) is 13.1 Å². The van der Waals surface area contributed by atoms with E-state index in [1.807, 2.05) is 0 Å². The molecule has 0 amide bonds. The van der Waals surface area contributed by atoms with Crippen molar-refractivity contribution in [3.8, 4) is 0 Å². The maximum atomic E-state index is 4.44. The molecule has 2 heteroatoms. The molecule has 0 bridgehead atoms. The van der Waals surface area contributed by atoms with Crippen molar-refractivity contribution in [1.29, 1.82) is 0 Å². The SMILES string of the molecule is CC(C)(CS)CN1CCC(c2ccccc2)C1. The van der Waals surface area contributed by atoms with Gasteiger partial charge in [-0.25, -0.2) is 0 Å². The Labute approximate surface area is 111 Å². The Morgan fingerprint density at radius 2 is 2.00 bits per heavy atom. The van der Waals surface area contributed by atoms with Gasteiger partial charge in [0.25, 0.3) is 0 Å². The Balaban J connectivity index is 1.92. The minimum Gasteiger partial charge on any atom is -0.302 e. The van der Waals surface area contributed by atoms with Gasteiger partial charge in [-0.15, -0.1) is 0 Å². The number of benzene rings is 1. The Hall–Kier alpha value is -0.470. The summed E-state index contributed by atoms with van der Waals surface area (Å²) in [5.74, 6) is 1.69. The van der Waals surface area contributed by atoms with Crippen LogP contribution in [0.1, 0.15) is 31.7 Å². The van der Waals surface area contributed by atoms with Gasteiger partial charge in [0.15, 0.2) is 0 Å². The third-order valence-electron chi connectivity index (χ3n) is 3.62. The summed E-state index contributed by atoms with van der Waals surface area (Å²) in [6.07, 6.45) is 1.30. The number of thiol groups is 1. The lowest BCUT2D eigenvalue weighted by Gasteiger charge is -2.28. The van der Waals surface area contributed by atoms with Crippen LogP contribution in [0, 0.1) is 5.41 Å². The van der Waals surface area contributed by atoms with Gasteiger partial charge in [-0.3, -0.25) is 0 Å². The highest BCUT2D eigenvalue weighted by Gasteiger charge is 2.27. The molecule has 0 N–H and O–H groups in total. The fourth-order valence-corrected chi connectivity index (χ4v) is 2.73. The third-order valence-corrected chi connectivity index (χ3v) is 4.48. The van der Waals surface area contributed by atoms with Gasteiger partial charge >= 0.3 is 0 Å². The maximum absolute atomic E-state index is 4.44. The van der Waals surface area contributed by atoms with E-state index in [0.717, 1.165) is 11.7 Å². The summed E-state index contributed by atoms with van der Waals surface area (Å²) in [5.41, 5.74) is 1.83. The maximum Gasteiger partial charge on any atom is 0.00510 e. The highest BCUT2D eigenvalue weighted by molar-refractivity contribution is 7.80. The minimum absolute atomic E-state index is 0.328. The Bertz CT molecular complexity index is 347. The first-order valence-electron chi connectivity index (χ1n) is 6.49. The first kappa shape index (κ1) is 13.0. The molecule has 1 unspecified atom stereocenters. The van der Waals surface area contributed by atoms with Gasteiger partial charge in [-0.1, -0.05) is 44.2 Å². The van der Waals surface area contributed by atoms with Crippen molar-refractivity contribution in [2.24, 2.45) is 5.41 Å². The summed E-state index contributed by atoms with van der Waals surface area (Å²) in [6, 6.07) is 10.9. The van der Waals surface area contributed by atoms with Crippen molar-refractivity contribution >= 4 is 12.6 Å². The van der Waals surface area contributed by atoms with Crippen LogP contribution in [-0.2, 0) is 0 Å². The zero-order valence-electron chi connectivity index (χ0n) is 10.9. The van der Waals surface area contributed by atoms with Gasteiger partial charge in [0.1, 0.15) is 0 Å². The summed E-state index contributed by atoms with van der Waals surface area (Å²) in [5, 5.41) is 0. The minimum atomic E-state index is 0.328. The zero-order valence-corrected chi connectivity index (χ0v) is 11.8. The monoisotopic (exact) mass is 249 g/mol. The molecule has 1 aliphatic rings. The molecular weight excluding hydrogens is 226 g/mol. The summed E-state index contributed by atoms with van der Waals surface area (Å²) in [6.45, 7) is 8.21. The number of hydrogen-bond donors (Lipinski definition) is 1. The van der Waals surface area contributed by atoms with Crippen molar-refractivity contribution < 1.29 is 0 Å². The topological polar surface area (TPSA) is 3.24 Å². The molecule has 2 rings (SSSR count). The summed E-state index contributed by atoms with van der Waals surface area (Å²) < 4.78 is 0. The largest absolute Gasteiger partial charge is 0.302 e. The average Bonchev–Trinajstić information content (AvgIpc) is 2.78. The van der Waals surface area contributed by atoms with Crippen LogP contribution in [-0.4, -0.2) is 30.3 Å². The van der Waals surface area contributed by atoms with E-state index in [1.54, 1.807) is 0 Å². The van der Waals surface area contributed by atoms with Crippen molar-refractivity contribution in [3.05, 3.63) is 35.9 Å². The molecule has 0 saturated carbocycles. The van der Waals surface area contributed by atoms with E-state index < -0.39 is 0 Å². The molecule has 1 aliphatic heterocycles. The number of rotatable bonds is 4. The summed E-state index contributed by atoms with van der Waals surface area (Å²) in [7, 11) is 0. The number of hydrogen-bond acceptors (Lipinski definition) is 2. The Kier molecular flexibility index (Phi) is 4.16. The molecule has 94 valence electrons. The van der Waals surface area contributed by atoms with Crippen molar-refractivity contribution in [3.63, 3.8) is 0 Å². The molecule has 0 spiro atoms. The summed E-state index contributed by atoms with van der Waals surface area (Å²) >= 11 is 4.44. The Morgan fingerprint density at radius 3 is 2.65 bits per heavy atom. The lowest BCUT2D eigenvalue weighted by Crippen LogP contribution is -2.33. The van der Waals surface area contributed by atoms with Crippen LogP contribution < -0.4 is 0 Å². The van der Waals surface area contributed by atoms with Crippen LogP contribution in [0.4, 0.5) is 0 Å². The number of nitrogens with zero attached hydrogens (tertiary/aromatic N) is 1. The average molecular weight is 249 g/mol. The van der Waals surface area contributed by atoms with E-state index in [0.29, 0.717) is 5.41 Å². The quantitative estimate of drug-likeness (QED) is 0.800. The molecule has 0 aliphatic carbocycles. The highest BCUT2D eigenvalue weighted by atomic mass is 32.1. The van der Waals surface area contributed by atoms with Gasteiger partial charge in [0.05, 0.1) is 0 Å². The highest BCUT2D eigenvalue weighted by Crippen LogP contribution is 2.29. The zero-order chi connectivity index (χ0) is 12.3. The molecule has 1 nitrogen and oxygen atoms in total. The van der Waals surface area contributed by atoms with Gasteiger partial charge in [-0.05, 0) is 35.6 Å². The lowest BCUT2D eigenvalue weighted by atomic mass is 9.95. The number of likely N-dealkylation sites (tertiary alicyclic amines) is 1. The molecule has 17 heavy (non-hydrogen) atoms. The van der Waals surface area contributed by atoms with Gasteiger partial charge in [0.2, 0.25) is 0 Å². The van der Waals surface area contributed by atoms with E-state index in [-0.39, 0.29) is 0 Å². The molecule has 1 saturated heterocycles. The predicted molar refractivity (Wildman–Crippen MR) is 77.9 cm³/mol. The van der Waals surface area contributed by atoms with Crippen LogP contribution in [0.15, 0.2) is 30.3 Å². The van der Waals surface area contributed by atoms with Gasteiger partial charge in [-0.2, -0.15) is 12.6 Å². The molecule has 1 aromatic carbocycles.